The Labute approximate surface area is 135 Å². The average Bonchev–Trinajstić information content (AvgIpc) is 2.62. The van der Waals surface area contributed by atoms with E-state index in [0.29, 0.717) is 0 Å². The van der Waals surface area contributed by atoms with Crippen LogP contribution < -0.4 is 5.32 Å². The molecule has 0 aliphatic rings. The van der Waals surface area contributed by atoms with Crippen molar-refractivity contribution in [2.75, 3.05) is 0 Å². The molecular weight excluding hydrogens is 280 g/mol. The number of aromatic nitrogens is 1. The van der Waals surface area contributed by atoms with Crippen LogP contribution in [0.4, 0.5) is 0 Å². The fourth-order valence-corrected chi connectivity index (χ4v) is 3.13. The van der Waals surface area contributed by atoms with Gasteiger partial charge in [-0.1, -0.05) is 48.5 Å². The Morgan fingerprint density at radius 3 is 1.96 bits per heavy atom. The first-order valence-corrected chi connectivity index (χ1v) is 7.91. The Balaban J connectivity index is 1.71. The van der Waals surface area contributed by atoms with E-state index in [9.17, 15) is 0 Å². The number of fused-ring (bicyclic) bond motifs is 2. The SMILES string of the molecule is c1ccc2c(CNCc3ccncc3)c3ccccc3cc2c1. The summed E-state index contributed by atoms with van der Waals surface area (Å²) in [6.45, 7) is 1.70. The van der Waals surface area contributed by atoms with Crippen LogP contribution in [0.3, 0.4) is 0 Å². The van der Waals surface area contributed by atoms with Gasteiger partial charge in [-0.05, 0) is 50.9 Å². The van der Waals surface area contributed by atoms with Crippen LogP contribution in [-0.4, -0.2) is 4.98 Å². The number of benzene rings is 3. The summed E-state index contributed by atoms with van der Waals surface area (Å²) >= 11 is 0. The summed E-state index contributed by atoms with van der Waals surface area (Å²) in [4.78, 5) is 4.07. The van der Waals surface area contributed by atoms with Crippen LogP contribution in [-0.2, 0) is 13.1 Å². The molecule has 0 fully saturated rings. The molecule has 23 heavy (non-hydrogen) atoms. The van der Waals surface area contributed by atoms with Gasteiger partial charge in [-0.25, -0.2) is 0 Å². The molecule has 0 aliphatic heterocycles. The first-order valence-electron chi connectivity index (χ1n) is 7.91. The number of nitrogens with zero attached hydrogens (tertiary/aromatic N) is 1. The van der Waals surface area contributed by atoms with E-state index in [1.807, 2.05) is 24.5 Å². The Morgan fingerprint density at radius 2 is 1.30 bits per heavy atom. The van der Waals surface area contributed by atoms with E-state index in [0.717, 1.165) is 13.1 Å². The lowest BCUT2D eigenvalue weighted by molar-refractivity contribution is 0.699. The van der Waals surface area contributed by atoms with Crippen LogP contribution in [0.1, 0.15) is 11.1 Å². The second-order valence-corrected chi connectivity index (χ2v) is 5.76. The molecule has 4 rings (SSSR count). The van der Waals surface area contributed by atoms with E-state index in [-0.39, 0.29) is 0 Å². The molecule has 0 unspecified atom stereocenters. The van der Waals surface area contributed by atoms with Crippen LogP contribution in [0.15, 0.2) is 79.1 Å². The Morgan fingerprint density at radius 1 is 0.696 bits per heavy atom. The van der Waals surface area contributed by atoms with Crippen molar-refractivity contribution in [3.05, 3.63) is 90.3 Å². The first kappa shape index (κ1) is 13.9. The van der Waals surface area contributed by atoms with Crippen molar-refractivity contribution >= 4 is 21.5 Å². The van der Waals surface area contributed by atoms with E-state index in [4.69, 9.17) is 0 Å². The Bertz CT molecular complexity index is 891. The molecule has 4 aromatic rings. The highest BCUT2D eigenvalue weighted by Crippen LogP contribution is 2.28. The maximum atomic E-state index is 4.07. The van der Waals surface area contributed by atoms with E-state index in [2.05, 4.69) is 64.9 Å². The zero-order chi connectivity index (χ0) is 15.5. The summed E-state index contributed by atoms with van der Waals surface area (Å²) in [5, 5.41) is 8.83. The highest BCUT2D eigenvalue weighted by atomic mass is 14.8. The van der Waals surface area contributed by atoms with Crippen molar-refractivity contribution in [2.45, 2.75) is 13.1 Å². The quantitative estimate of drug-likeness (QED) is 0.553. The maximum absolute atomic E-state index is 4.07. The molecule has 0 bridgehead atoms. The minimum absolute atomic E-state index is 0.847. The van der Waals surface area contributed by atoms with Gasteiger partial charge in [0.05, 0.1) is 0 Å². The molecule has 1 heterocycles. The largest absolute Gasteiger partial charge is 0.309 e. The summed E-state index contributed by atoms with van der Waals surface area (Å²) in [5.41, 5.74) is 2.62. The second kappa shape index (κ2) is 6.19. The van der Waals surface area contributed by atoms with E-state index in [1.54, 1.807) is 0 Å². The third-order valence-electron chi connectivity index (χ3n) is 4.26. The minimum Gasteiger partial charge on any atom is -0.309 e. The lowest BCUT2D eigenvalue weighted by Gasteiger charge is -2.12. The van der Waals surface area contributed by atoms with Crippen molar-refractivity contribution in [3.8, 4) is 0 Å². The molecule has 3 aromatic carbocycles. The standard InChI is InChI=1S/C21H18N2/c1-3-7-19-17(5-1)13-18-6-2-4-8-20(18)21(19)15-23-14-16-9-11-22-12-10-16/h1-13,23H,14-15H2. The molecule has 0 radical (unpaired) electrons. The van der Waals surface area contributed by atoms with Crippen LogP contribution in [0.2, 0.25) is 0 Å². The van der Waals surface area contributed by atoms with Crippen LogP contribution >= 0.6 is 0 Å². The zero-order valence-electron chi connectivity index (χ0n) is 12.9. The third kappa shape index (κ3) is 2.81. The number of pyridine rings is 1. The lowest BCUT2D eigenvalue weighted by Crippen LogP contribution is -2.13. The molecule has 0 spiro atoms. The summed E-state index contributed by atoms with van der Waals surface area (Å²) in [7, 11) is 0. The van der Waals surface area contributed by atoms with Gasteiger partial charge in [-0.3, -0.25) is 4.98 Å². The van der Waals surface area contributed by atoms with Crippen molar-refractivity contribution in [1.29, 1.82) is 0 Å². The minimum atomic E-state index is 0.847. The lowest BCUT2D eigenvalue weighted by atomic mass is 9.97. The molecular formula is C21H18N2. The van der Waals surface area contributed by atoms with Gasteiger partial charge in [0, 0.05) is 25.5 Å². The second-order valence-electron chi connectivity index (χ2n) is 5.76. The molecule has 112 valence electrons. The van der Waals surface area contributed by atoms with E-state index in [1.165, 1.54) is 32.7 Å². The molecule has 1 N–H and O–H groups in total. The normalized spacial score (nSPS) is 11.1. The van der Waals surface area contributed by atoms with Gasteiger partial charge >= 0.3 is 0 Å². The van der Waals surface area contributed by atoms with Gasteiger partial charge in [0.1, 0.15) is 0 Å². The van der Waals surface area contributed by atoms with Gasteiger partial charge in [0.2, 0.25) is 0 Å². The Hall–Kier alpha value is -2.71. The number of nitrogens with one attached hydrogen (secondary N) is 1. The van der Waals surface area contributed by atoms with Crippen molar-refractivity contribution < 1.29 is 0 Å². The van der Waals surface area contributed by atoms with Crippen LogP contribution in [0.5, 0.6) is 0 Å². The number of hydrogen-bond donors (Lipinski definition) is 1. The van der Waals surface area contributed by atoms with Crippen LogP contribution in [0, 0.1) is 0 Å². The summed E-state index contributed by atoms with van der Waals surface area (Å²) in [6.07, 6.45) is 3.68. The van der Waals surface area contributed by atoms with Gasteiger partial charge in [-0.15, -0.1) is 0 Å². The maximum Gasteiger partial charge on any atom is 0.0271 e. The smallest absolute Gasteiger partial charge is 0.0271 e. The summed E-state index contributed by atoms with van der Waals surface area (Å²) < 4.78 is 0. The average molecular weight is 298 g/mol. The van der Waals surface area contributed by atoms with Crippen molar-refractivity contribution in [1.82, 2.24) is 10.3 Å². The molecule has 0 atom stereocenters. The van der Waals surface area contributed by atoms with Gasteiger partial charge in [0.15, 0.2) is 0 Å². The predicted octanol–water partition coefficient (Wildman–Crippen LogP) is 4.68. The predicted molar refractivity (Wildman–Crippen MR) is 96.2 cm³/mol. The highest BCUT2D eigenvalue weighted by Gasteiger charge is 2.06. The molecule has 0 aliphatic carbocycles. The van der Waals surface area contributed by atoms with E-state index < -0.39 is 0 Å². The molecule has 0 saturated heterocycles. The molecule has 1 aromatic heterocycles. The zero-order valence-corrected chi connectivity index (χ0v) is 12.9. The molecule has 0 amide bonds. The van der Waals surface area contributed by atoms with Gasteiger partial charge < -0.3 is 5.32 Å². The van der Waals surface area contributed by atoms with Crippen molar-refractivity contribution in [3.63, 3.8) is 0 Å². The topological polar surface area (TPSA) is 24.9 Å². The Kier molecular flexibility index (Phi) is 3.75. The molecule has 2 heteroatoms. The fraction of sp³-hybridized carbons (Fsp3) is 0.0952. The molecule has 0 saturated carbocycles. The van der Waals surface area contributed by atoms with Crippen LogP contribution in [0.25, 0.3) is 21.5 Å². The van der Waals surface area contributed by atoms with Gasteiger partial charge in [0.25, 0.3) is 0 Å². The number of rotatable bonds is 4. The summed E-state index contributed by atoms with van der Waals surface area (Å²) in [5.74, 6) is 0. The third-order valence-corrected chi connectivity index (χ3v) is 4.26. The molecule has 2 nitrogen and oxygen atoms in total. The summed E-state index contributed by atoms with van der Waals surface area (Å²) in [6, 6.07) is 23.6. The first-order chi connectivity index (χ1) is 11.4. The number of hydrogen-bond acceptors (Lipinski definition) is 2. The highest BCUT2D eigenvalue weighted by molar-refractivity contribution is 6.02. The van der Waals surface area contributed by atoms with E-state index >= 15 is 0 Å². The van der Waals surface area contributed by atoms with Gasteiger partial charge in [-0.2, -0.15) is 0 Å². The van der Waals surface area contributed by atoms with Crippen molar-refractivity contribution in [2.24, 2.45) is 0 Å². The monoisotopic (exact) mass is 298 g/mol. The fourth-order valence-electron chi connectivity index (χ4n) is 3.13.